The number of ether oxygens (including phenoxy) is 1. The number of benzene rings is 1. The fourth-order valence-electron chi connectivity index (χ4n) is 2.11. The largest absolute Gasteiger partial charge is 0.497 e. The van der Waals surface area contributed by atoms with Crippen LogP contribution < -0.4 is 9.46 Å². The van der Waals surface area contributed by atoms with Gasteiger partial charge in [0.25, 0.3) is 0 Å². The average molecular weight is 364 g/mol. The minimum absolute atomic E-state index is 0.189. The lowest BCUT2D eigenvalue weighted by atomic mass is 10.2. The Morgan fingerprint density at radius 1 is 1.25 bits per heavy atom. The Morgan fingerprint density at radius 2 is 2.08 bits per heavy atom. The summed E-state index contributed by atoms with van der Waals surface area (Å²) in [6.45, 7) is 2.00. The molecule has 126 valence electrons. The SMILES string of the molecule is COc1cccc(CNS(=O)(=O)c2ccc(-c3cc(C)no3)s2)c1. The van der Waals surface area contributed by atoms with Gasteiger partial charge in [-0.3, -0.25) is 0 Å². The molecule has 2 heterocycles. The molecular formula is C16H16N2O4S2. The van der Waals surface area contributed by atoms with Crippen molar-refractivity contribution in [1.82, 2.24) is 9.88 Å². The molecule has 0 bridgehead atoms. The number of nitrogens with one attached hydrogen (secondary N) is 1. The topological polar surface area (TPSA) is 81.4 Å². The lowest BCUT2D eigenvalue weighted by Crippen LogP contribution is -2.22. The van der Waals surface area contributed by atoms with Crippen molar-refractivity contribution < 1.29 is 17.7 Å². The van der Waals surface area contributed by atoms with Gasteiger partial charge < -0.3 is 9.26 Å². The number of hydrogen-bond acceptors (Lipinski definition) is 6. The van der Waals surface area contributed by atoms with E-state index in [1.807, 2.05) is 25.1 Å². The van der Waals surface area contributed by atoms with E-state index in [9.17, 15) is 8.42 Å². The van der Waals surface area contributed by atoms with E-state index >= 15 is 0 Å². The van der Waals surface area contributed by atoms with Crippen LogP contribution in [0.2, 0.25) is 0 Å². The van der Waals surface area contributed by atoms with E-state index in [0.29, 0.717) is 11.5 Å². The summed E-state index contributed by atoms with van der Waals surface area (Å²) in [6.07, 6.45) is 0. The maximum absolute atomic E-state index is 12.4. The van der Waals surface area contributed by atoms with Crippen molar-refractivity contribution in [2.24, 2.45) is 0 Å². The van der Waals surface area contributed by atoms with Crippen molar-refractivity contribution in [3.8, 4) is 16.4 Å². The Morgan fingerprint density at radius 3 is 2.79 bits per heavy atom. The molecule has 8 heteroatoms. The van der Waals surface area contributed by atoms with E-state index in [1.165, 1.54) is 0 Å². The van der Waals surface area contributed by atoms with Gasteiger partial charge in [0, 0.05) is 12.6 Å². The second-order valence-electron chi connectivity index (χ2n) is 5.13. The first-order chi connectivity index (χ1) is 11.5. The highest BCUT2D eigenvalue weighted by Crippen LogP contribution is 2.31. The molecule has 0 saturated carbocycles. The minimum Gasteiger partial charge on any atom is -0.497 e. The van der Waals surface area contributed by atoms with Gasteiger partial charge in [-0.1, -0.05) is 17.3 Å². The summed E-state index contributed by atoms with van der Waals surface area (Å²) >= 11 is 1.14. The van der Waals surface area contributed by atoms with Gasteiger partial charge in [-0.25, -0.2) is 13.1 Å². The highest BCUT2D eigenvalue weighted by Gasteiger charge is 2.18. The third-order valence-electron chi connectivity index (χ3n) is 3.32. The molecule has 0 radical (unpaired) electrons. The van der Waals surface area contributed by atoms with Crippen LogP contribution in [0.3, 0.4) is 0 Å². The molecule has 0 atom stereocenters. The van der Waals surface area contributed by atoms with Crippen molar-refractivity contribution in [2.45, 2.75) is 17.7 Å². The van der Waals surface area contributed by atoms with Gasteiger partial charge in [0.1, 0.15) is 9.96 Å². The molecule has 0 amide bonds. The molecule has 0 aliphatic heterocycles. The summed E-state index contributed by atoms with van der Waals surface area (Å²) < 4.78 is 38.0. The van der Waals surface area contributed by atoms with Gasteiger partial charge >= 0.3 is 0 Å². The summed E-state index contributed by atoms with van der Waals surface area (Å²) in [5.74, 6) is 1.25. The van der Waals surface area contributed by atoms with Crippen LogP contribution in [0.25, 0.3) is 10.6 Å². The van der Waals surface area contributed by atoms with Crippen molar-refractivity contribution in [2.75, 3.05) is 7.11 Å². The Kier molecular flexibility index (Phi) is 4.70. The first-order valence-electron chi connectivity index (χ1n) is 7.14. The highest BCUT2D eigenvalue weighted by atomic mass is 32.2. The Bertz CT molecular complexity index is 944. The van der Waals surface area contributed by atoms with Crippen molar-refractivity contribution in [3.05, 3.63) is 53.7 Å². The van der Waals surface area contributed by atoms with E-state index in [4.69, 9.17) is 9.26 Å². The molecule has 0 spiro atoms. The normalized spacial score (nSPS) is 11.6. The molecule has 1 aromatic carbocycles. The summed E-state index contributed by atoms with van der Waals surface area (Å²) in [5, 5.41) is 3.81. The number of methoxy groups -OCH3 is 1. The van der Waals surface area contributed by atoms with Gasteiger partial charge in [-0.15, -0.1) is 11.3 Å². The monoisotopic (exact) mass is 364 g/mol. The van der Waals surface area contributed by atoms with Gasteiger partial charge in [0.05, 0.1) is 17.7 Å². The van der Waals surface area contributed by atoms with Crippen molar-refractivity contribution in [3.63, 3.8) is 0 Å². The van der Waals surface area contributed by atoms with E-state index in [-0.39, 0.29) is 10.8 Å². The third-order valence-corrected chi connectivity index (χ3v) is 6.31. The first kappa shape index (κ1) is 16.7. The summed E-state index contributed by atoms with van der Waals surface area (Å²) in [5.41, 5.74) is 1.57. The number of aryl methyl sites for hydroxylation is 1. The molecule has 3 rings (SSSR count). The molecule has 6 nitrogen and oxygen atoms in total. The highest BCUT2D eigenvalue weighted by molar-refractivity contribution is 7.91. The lowest BCUT2D eigenvalue weighted by Gasteiger charge is -2.06. The Balaban J connectivity index is 1.74. The van der Waals surface area contributed by atoms with E-state index in [0.717, 1.165) is 27.5 Å². The summed E-state index contributed by atoms with van der Waals surface area (Å²) in [6, 6.07) is 12.3. The quantitative estimate of drug-likeness (QED) is 0.726. The summed E-state index contributed by atoms with van der Waals surface area (Å²) in [4.78, 5) is 0.720. The zero-order valence-corrected chi connectivity index (χ0v) is 14.8. The van der Waals surface area contributed by atoms with Gasteiger partial charge in [0.2, 0.25) is 10.0 Å². The Hall–Kier alpha value is -2.16. The number of thiophene rings is 1. The van der Waals surface area contributed by atoms with Crippen LogP contribution in [-0.2, 0) is 16.6 Å². The predicted octanol–water partition coefficient (Wildman–Crippen LogP) is 3.20. The lowest BCUT2D eigenvalue weighted by molar-refractivity contribution is 0.414. The van der Waals surface area contributed by atoms with Crippen LogP contribution in [0, 0.1) is 6.92 Å². The number of nitrogens with zero attached hydrogens (tertiary/aromatic N) is 1. The molecule has 0 fully saturated rings. The number of hydrogen-bond donors (Lipinski definition) is 1. The molecule has 0 saturated heterocycles. The van der Waals surface area contributed by atoms with Crippen LogP contribution >= 0.6 is 11.3 Å². The molecule has 0 aliphatic carbocycles. The molecule has 0 aliphatic rings. The molecule has 0 unspecified atom stereocenters. The van der Waals surface area contributed by atoms with Crippen molar-refractivity contribution in [1.29, 1.82) is 0 Å². The zero-order chi connectivity index (χ0) is 17.2. The number of aromatic nitrogens is 1. The van der Waals surface area contributed by atoms with Crippen LogP contribution in [0.4, 0.5) is 0 Å². The van der Waals surface area contributed by atoms with E-state index < -0.39 is 10.0 Å². The van der Waals surface area contributed by atoms with Crippen LogP contribution in [0.1, 0.15) is 11.3 Å². The molecule has 2 aromatic heterocycles. The average Bonchev–Trinajstić information content (AvgIpc) is 3.22. The van der Waals surface area contributed by atoms with Crippen LogP contribution in [0.15, 0.2) is 51.2 Å². The fourth-order valence-corrected chi connectivity index (χ4v) is 4.43. The minimum atomic E-state index is -3.59. The predicted molar refractivity (Wildman–Crippen MR) is 91.6 cm³/mol. The van der Waals surface area contributed by atoms with E-state index in [2.05, 4.69) is 9.88 Å². The second kappa shape index (κ2) is 6.76. The smallest absolute Gasteiger partial charge is 0.250 e. The van der Waals surface area contributed by atoms with Gasteiger partial charge in [-0.2, -0.15) is 0 Å². The maximum Gasteiger partial charge on any atom is 0.250 e. The van der Waals surface area contributed by atoms with Gasteiger partial charge in [0.15, 0.2) is 5.76 Å². The number of rotatable bonds is 6. The fraction of sp³-hybridized carbons (Fsp3) is 0.188. The van der Waals surface area contributed by atoms with E-state index in [1.54, 1.807) is 31.4 Å². The van der Waals surface area contributed by atoms with Crippen molar-refractivity contribution >= 4 is 21.4 Å². The van der Waals surface area contributed by atoms with Crippen LogP contribution in [0.5, 0.6) is 5.75 Å². The standard InChI is InChI=1S/C16H16N2O4S2/c1-11-8-14(22-18-11)15-6-7-16(23-15)24(19,20)17-10-12-4-3-5-13(9-12)21-2/h3-9,17H,10H2,1-2H3. The molecule has 1 N–H and O–H groups in total. The maximum atomic E-state index is 12.4. The van der Waals surface area contributed by atoms with Gasteiger partial charge in [-0.05, 0) is 36.8 Å². The summed E-state index contributed by atoms with van der Waals surface area (Å²) in [7, 11) is -2.02. The second-order valence-corrected chi connectivity index (χ2v) is 8.20. The number of sulfonamides is 1. The van der Waals surface area contributed by atoms with Crippen LogP contribution in [-0.4, -0.2) is 20.7 Å². The molecule has 3 aromatic rings. The Labute approximate surface area is 144 Å². The third kappa shape index (κ3) is 3.66. The first-order valence-corrected chi connectivity index (χ1v) is 9.44. The molecule has 24 heavy (non-hydrogen) atoms. The zero-order valence-electron chi connectivity index (χ0n) is 13.1. The molecular weight excluding hydrogens is 348 g/mol.